The highest BCUT2D eigenvalue weighted by atomic mass is 16.5. The van der Waals surface area contributed by atoms with E-state index in [0.717, 1.165) is 43.7 Å². The molecule has 0 atom stereocenters. The standard InChI is InChI=1S/C25H34N2O4/c1-6-23(28)27(21-9-7-8-18(2)16-21)20-12-14-26(15-13-20)17-19-10-11-22(29-3)25(31-5)24(19)30-4/h7-11,16,20H,6,12-15,17H2,1-5H3. The maximum absolute atomic E-state index is 12.8. The van der Waals surface area contributed by atoms with Crippen molar-refractivity contribution < 1.29 is 19.0 Å². The normalized spacial score (nSPS) is 14.9. The Balaban J connectivity index is 1.72. The Morgan fingerprint density at radius 2 is 1.74 bits per heavy atom. The van der Waals surface area contributed by atoms with Crippen molar-refractivity contribution in [2.45, 2.75) is 45.7 Å². The summed E-state index contributed by atoms with van der Waals surface area (Å²) in [7, 11) is 4.91. The van der Waals surface area contributed by atoms with Gasteiger partial charge < -0.3 is 19.1 Å². The number of carbonyl (C=O) groups is 1. The van der Waals surface area contributed by atoms with Crippen molar-refractivity contribution in [1.82, 2.24) is 4.90 Å². The van der Waals surface area contributed by atoms with E-state index in [9.17, 15) is 4.79 Å². The van der Waals surface area contributed by atoms with Gasteiger partial charge in [0, 0.05) is 43.3 Å². The highest BCUT2D eigenvalue weighted by Crippen LogP contribution is 2.40. The predicted molar refractivity (Wildman–Crippen MR) is 123 cm³/mol. The minimum atomic E-state index is 0.186. The number of piperidine rings is 1. The average molecular weight is 427 g/mol. The minimum Gasteiger partial charge on any atom is -0.493 e. The van der Waals surface area contributed by atoms with Crippen LogP contribution in [0.3, 0.4) is 0 Å². The molecule has 168 valence electrons. The number of amides is 1. The highest BCUT2D eigenvalue weighted by Gasteiger charge is 2.29. The molecule has 1 heterocycles. The summed E-state index contributed by atoms with van der Waals surface area (Å²) in [6, 6.07) is 12.4. The molecule has 2 aromatic rings. The number of nitrogens with zero attached hydrogens (tertiary/aromatic N) is 2. The summed E-state index contributed by atoms with van der Waals surface area (Å²) < 4.78 is 16.6. The van der Waals surface area contributed by atoms with Crippen molar-refractivity contribution in [2.24, 2.45) is 0 Å². The van der Waals surface area contributed by atoms with Crippen LogP contribution in [0.4, 0.5) is 5.69 Å². The number of methoxy groups -OCH3 is 3. The lowest BCUT2D eigenvalue weighted by Gasteiger charge is -2.39. The average Bonchev–Trinajstić information content (AvgIpc) is 2.79. The molecule has 0 aliphatic carbocycles. The second-order valence-corrected chi connectivity index (χ2v) is 7.96. The molecular weight excluding hydrogens is 392 g/mol. The lowest BCUT2D eigenvalue weighted by atomic mass is 10.0. The van der Waals surface area contributed by atoms with Crippen LogP contribution in [0.2, 0.25) is 0 Å². The largest absolute Gasteiger partial charge is 0.493 e. The molecule has 3 rings (SSSR count). The fourth-order valence-corrected chi connectivity index (χ4v) is 4.37. The highest BCUT2D eigenvalue weighted by molar-refractivity contribution is 5.93. The molecule has 0 radical (unpaired) electrons. The molecule has 1 fully saturated rings. The zero-order chi connectivity index (χ0) is 22.4. The number of anilines is 1. The van der Waals surface area contributed by atoms with Gasteiger partial charge in [-0.25, -0.2) is 0 Å². The third-order valence-electron chi connectivity index (χ3n) is 5.95. The first kappa shape index (κ1) is 22.9. The molecule has 31 heavy (non-hydrogen) atoms. The number of likely N-dealkylation sites (tertiary alicyclic amines) is 1. The van der Waals surface area contributed by atoms with Gasteiger partial charge in [0.05, 0.1) is 21.3 Å². The SMILES string of the molecule is CCC(=O)N(c1cccc(C)c1)C1CCN(Cc2ccc(OC)c(OC)c2OC)CC1. The first-order chi connectivity index (χ1) is 15.0. The molecule has 1 saturated heterocycles. The van der Waals surface area contributed by atoms with Crippen molar-refractivity contribution in [3.63, 3.8) is 0 Å². The summed E-state index contributed by atoms with van der Waals surface area (Å²) in [6.07, 6.45) is 2.39. The van der Waals surface area contributed by atoms with Gasteiger partial charge in [0.15, 0.2) is 11.5 Å². The van der Waals surface area contributed by atoms with E-state index in [4.69, 9.17) is 14.2 Å². The monoisotopic (exact) mass is 426 g/mol. The van der Waals surface area contributed by atoms with E-state index < -0.39 is 0 Å². The maximum atomic E-state index is 12.8. The van der Waals surface area contributed by atoms with Crippen LogP contribution in [0.15, 0.2) is 36.4 Å². The van der Waals surface area contributed by atoms with Gasteiger partial charge in [0.25, 0.3) is 0 Å². The lowest BCUT2D eigenvalue weighted by Crippen LogP contribution is -2.47. The molecule has 1 amide bonds. The van der Waals surface area contributed by atoms with Crippen molar-refractivity contribution in [2.75, 3.05) is 39.3 Å². The third kappa shape index (κ3) is 5.13. The topological polar surface area (TPSA) is 51.2 Å². The summed E-state index contributed by atoms with van der Waals surface area (Å²) in [5.74, 6) is 2.18. The van der Waals surface area contributed by atoms with E-state index in [-0.39, 0.29) is 11.9 Å². The number of carbonyl (C=O) groups excluding carboxylic acids is 1. The zero-order valence-electron chi connectivity index (χ0n) is 19.3. The van der Waals surface area contributed by atoms with Crippen LogP contribution in [0.25, 0.3) is 0 Å². The Hall–Kier alpha value is -2.73. The molecule has 0 unspecified atom stereocenters. The Labute approximate surface area is 185 Å². The van der Waals surface area contributed by atoms with Crippen molar-refractivity contribution in [1.29, 1.82) is 0 Å². The number of aryl methyl sites for hydroxylation is 1. The van der Waals surface area contributed by atoms with Gasteiger partial charge in [-0.15, -0.1) is 0 Å². The van der Waals surface area contributed by atoms with Gasteiger partial charge in [0.1, 0.15) is 0 Å². The molecule has 1 aliphatic rings. The zero-order valence-corrected chi connectivity index (χ0v) is 19.3. The maximum Gasteiger partial charge on any atom is 0.226 e. The summed E-state index contributed by atoms with van der Waals surface area (Å²) in [5, 5.41) is 0. The van der Waals surface area contributed by atoms with Crippen LogP contribution < -0.4 is 19.1 Å². The fraction of sp³-hybridized carbons (Fsp3) is 0.480. The molecule has 0 aromatic heterocycles. The van der Waals surface area contributed by atoms with Crippen molar-refractivity contribution in [3.8, 4) is 17.2 Å². The van der Waals surface area contributed by atoms with Gasteiger partial charge in [-0.2, -0.15) is 0 Å². The molecule has 2 aromatic carbocycles. The lowest BCUT2D eigenvalue weighted by molar-refractivity contribution is -0.119. The number of ether oxygens (including phenoxy) is 3. The molecule has 0 saturated carbocycles. The fourth-order valence-electron chi connectivity index (χ4n) is 4.37. The van der Waals surface area contributed by atoms with Crippen LogP contribution in [-0.2, 0) is 11.3 Å². The summed E-state index contributed by atoms with van der Waals surface area (Å²) in [5.41, 5.74) is 3.25. The summed E-state index contributed by atoms with van der Waals surface area (Å²) >= 11 is 0. The molecule has 0 bridgehead atoms. The van der Waals surface area contributed by atoms with E-state index in [1.165, 1.54) is 5.56 Å². The number of hydrogen-bond donors (Lipinski definition) is 0. The minimum absolute atomic E-state index is 0.186. The number of rotatable bonds is 8. The smallest absolute Gasteiger partial charge is 0.226 e. The number of benzene rings is 2. The Morgan fingerprint density at radius 3 is 2.32 bits per heavy atom. The predicted octanol–water partition coefficient (Wildman–Crippen LogP) is 4.43. The molecule has 6 heteroatoms. The summed E-state index contributed by atoms with van der Waals surface area (Å²) in [4.78, 5) is 17.2. The Morgan fingerprint density at radius 1 is 1.03 bits per heavy atom. The van der Waals surface area contributed by atoms with Crippen LogP contribution >= 0.6 is 0 Å². The molecule has 1 aliphatic heterocycles. The first-order valence-corrected chi connectivity index (χ1v) is 10.9. The van der Waals surface area contributed by atoms with Crippen LogP contribution in [0.5, 0.6) is 17.2 Å². The molecule has 6 nitrogen and oxygen atoms in total. The van der Waals surface area contributed by atoms with Gasteiger partial charge in [-0.1, -0.05) is 25.1 Å². The summed E-state index contributed by atoms with van der Waals surface area (Å²) in [6.45, 7) is 6.60. The Bertz CT molecular complexity index is 891. The molecule has 0 spiro atoms. The molecular formula is C25H34N2O4. The van der Waals surface area contributed by atoms with E-state index >= 15 is 0 Å². The van der Waals surface area contributed by atoms with Crippen molar-refractivity contribution >= 4 is 11.6 Å². The van der Waals surface area contributed by atoms with Gasteiger partial charge in [-0.05, 0) is 43.5 Å². The van der Waals surface area contributed by atoms with Crippen LogP contribution in [0, 0.1) is 6.92 Å². The second-order valence-electron chi connectivity index (χ2n) is 7.96. The van der Waals surface area contributed by atoms with Crippen molar-refractivity contribution in [3.05, 3.63) is 47.5 Å². The van der Waals surface area contributed by atoms with Gasteiger partial charge in [-0.3, -0.25) is 9.69 Å². The number of hydrogen-bond acceptors (Lipinski definition) is 5. The van der Waals surface area contributed by atoms with Gasteiger partial charge >= 0.3 is 0 Å². The Kier molecular flexibility index (Phi) is 7.80. The van der Waals surface area contributed by atoms with E-state index in [0.29, 0.717) is 23.7 Å². The first-order valence-electron chi connectivity index (χ1n) is 10.9. The quantitative estimate of drug-likeness (QED) is 0.625. The van der Waals surface area contributed by atoms with E-state index in [2.05, 4.69) is 24.0 Å². The van der Waals surface area contributed by atoms with Gasteiger partial charge in [0.2, 0.25) is 11.7 Å². The molecule has 0 N–H and O–H groups in total. The van der Waals surface area contributed by atoms with Crippen LogP contribution in [0.1, 0.15) is 37.3 Å². The van der Waals surface area contributed by atoms with E-state index in [1.54, 1.807) is 21.3 Å². The van der Waals surface area contributed by atoms with Crippen LogP contribution in [-0.4, -0.2) is 51.3 Å². The third-order valence-corrected chi connectivity index (χ3v) is 5.95. The van der Waals surface area contributed by atoms with E-state index in [1.807, 2.05) is 36.1 Å². The second kappa shape index (κ2) is 10.5.